The highest BCUT2D eigenvalue weighted by Crippen LogP contribution is 2.27. The lowest BCUT2D eigenvalue weighted by atomic mass is 9.85. The van der Waals surface area contributed by atoms with Crippen LogP contribution in [0.1, 0.15) is 24.8 Å². The summed E-state index contributed by atoms with van der Waals surface area (Å²) in [5.74, 6) is 0.664. The van der Waals surface area contributed by atoms with Crippen molar-refractivity contribution >= 4 is 30.1 Å². The zero-order valence-electron chi connectivity index (χ0n) is 15.2. The van der Waals surface area contributed by atoms with E-state index in [2.05, 4.69) is 47.7 Å². The molecule has 1 fully saturated rings. The number of hydrogen-bond acceptors (Lipinski definition) is 2. The van der Waals surface area contributed by atoms with Crippen LogP contribution in [0, 0.1) is 5.92 Å². The van der Waals surface area contributed by atoms with Gasteiger partial charge in [0.1, 0.15) is 0 Å². The van der Waals surface area contributed by atoms with Crippen LogP contribution in [0.5, 0.6) is 0 Å². The van der Waals surface area contributed by atoms with Crippen molar-refractivity contribution in [1.29, 1.82) is 0 Å². The molecule has 0 aromatic heterocycles. The molecular weight excluding hydrogens is 382 g/mol. The Kier molecular flexibility index (Phi) is 7.35. The van der Waals surface area contributed by atoms with Crippen molar-refractivity contribution in [3.05, 3.63) is 34.3 Å². The highest BCUT2D eigenvalue weighted by atomic mass is 79.9. The Labute approximate surface area is 155 Å². The van der Waals surface area contributed by atoms with Crippen molar-refractivity contribution in [2.45, 2.75) is 51.4 Å². The molecule has 1 aromatic carbocycles. The molecule has 1 aromatic rings. The second-order valence-electron chi connectivity index (χ2n) is 8.05. The molecule has 0 N–H and O–H groups in total. The zero-order valence-corrected chi connectivity index (χ0v) is 17.8. The Hall–Kier alpha value is -0.813. The van der Waals surface area contributed by atoms with E-state index in [1.165, 1.54) is 24.8 Å². The monoisotopic (exact) mass is 411 g/mol. The van der Waals surface area contributed by atoms with Gasteiger partial charge in [-0.15, -0.1) is 0 Å². The minimum atomic E-state index is -1.16. The van der Waals surface area contributed by atoms with Gasteiger partial charge in [0.2, 0.25) is 0 Å². The molecule has 1 amide bonds. The average molecular weight is 412 g/mol. The fraction of sp³-hybridized carbons (Fsp3) is 0.632. The van der Waals surface area contributed by atoms with Gasteiger partial charge in [-0.2, -0.15) is 0 Å². The molecular formula is C19H30BrNO2Si. The van der Waals surface area contributed by atoms with Gasteiger partial charge >= 0.3 is 6.09 Å². The smallest absolute Gasteiger partial charge is 0.409 e. The van der Waals surface area contributed by atoms with Crippen LogP contribution in [-0.2, 0) is 11.2 Å². The number of hydrogen-bond donors (Lipinski definition) is 0. The molecule has 1 aliphatic rings. The van der Waals surface area contributed by atoms with Gasteiger partial charge < -0.3 is 9.64 Å². The first kappa shape index (κ1) is 19.5. The van der Waals surface area contributed by atoms with Gasteiger partial charge in [-0.3, -0.25) is 0 Å². The molecule has 0 aliphatic heterocycles. The Morgan fingerprint density at radius 1 is 1.33 bits per heavy atom. The van der Waals surface area contributed by atoms with E-state index in [0.717, 1.165) is 30.0 Å². The third-order valence-electron chi connectivity index (χ3n) is 4.60. The lowest BCUT2D eigenvalue weighted by Crippen LogP contribution is -2.39. The summed E-state index contributed by atoms with van der Waals surface area (Å²) >= 11 is 3.51. The van der Waals surface area contributed by atoms with E-state index in [9.17, 15) is 4.79 Å². The van der Waals surface area contributed by atoms with Gasteiger partial charge in [-0.05, 0) is 48.9 Å². The first-order chi connectivity index (χ1) is 11.3. The van der Waals surface area contributed by atoms with Gasteiger partial charge in [0.25, 0.3) is 0 Å². The maximum Gasteiger partial charge on any atom is 0.409 e. The first-order valence-corrected chi connectivity index (χ1v) is 13.5. The van der Waals surface area contributed by atoms with Crippen LogP contribution in [0.15, 0.2) is 28.7 Å². The molecule has 1 saturated carbocycles. The standard InChI is InChI=1S/C19H30BrNO2Si/c1-24(2,3)13-12-23-19(22)21(15-17-7-4-8-17)11-10-16-6-5-9-18(20)14-16/h5-6,9,14,17H,4,7-8,10-13,15H2,1-3H3. The van der Waals surface area contributed by atoms with Crippen LogP contribution < -0.4 is 0 Å². The summed E-state index contributed by atoms with van der Waals surface area (Å²) in [7, 11) is -1.16. The number of amides is 1. The normalized spacial score (nSPS) is 15.0. The number of halogens is 1. The lowest BCUT2D eigenvalue weighted by molar-refractivity contribution is 0.0928. The number of rotatable bonds is 8. The molecule has 0 unspecified atom stereocenters. The Bertz CT molecular complexity index is 540. The second kappa shape index (κ2) is 9.04. The molecule has 2 rings (SSSR count). The van der Waals surface area contributed by atoms with E-state index in [-0.39, 0.29) is 6.09 Å². The van der Waals surface area contributed by atoms with Crippen molar-refractivity contribution in [3.8, 4) is 0 Å². The molecule has 0 bridgehead atoms. The van der Waals surface area contributed by atoms with Crippen LogP contribution in [0.4, 0.5) is 4.79 Å². The largest absolute Gasteiger partial charge is 0.450 e. The van der Waals surface area contributed by atoms with Crippen molar-refractivity contribution in [3.63, 3.8) is 0 Å². The maximum absolute atomic E-state index is 12.5. The fourth-order valence-corrected chi connectivity index (χ4v) is 3.90. The highest BCUT2D eigenvalue weighted by molar-refractivity contribution is 9.10. The Balaban J connectivity index is 1.87. The summed E-state index contributed by atoms with van der Waals surface area (Å²) in [6, 6.07) is 9.34. The van der Waals surface area contributed by atoms with Crippen LogP contribution in [-0.4, -0.2) is 38.8 Å². The third-order valence-corrected chi connectivity index (χ3v) is 6.80. The van der Waals surface area contributed by atoms with Gasteiger partial charge in [0.05, 0.1) is 6.61 Å². The van der Waals surface area contributed by atoms with Crippen LogP contribution in [0.25, 0.3) is 0 Å². The topological polar surface area (TPSA) is 29.5 Å². The molecule has 0 saturated heterocycles. The summed E-state index contributed by atoms with van der Waals surface area (Å²) in [5, 5.41) is 0. The SMILES string of the molecule is C[Si](C)(C)CCOC(=O)N(CCc1cccc(Br)c1)CC1CCC1. The molecule has 5 heteroatoms. The van der Waals surface area contributed by atoms with Crippen LogP contribution >= 0.6 is 15.9 Å². The molecule has 3 nitrogen and oxygen atoms in total. The summed E-state index contributed by atoms with van der Waals surface area (Å²) < 4.78 is 6.66. The summed E-state index contributed by atoms with van der Waals surface area (Å²) in [6.07, 6.45) is 4.53. The summed E-state index contributed by atoms with van der Waals surface area (Å²) in [6.45, 7) is 9.06. The van der Waals surface area contributed by atoms with Crippen molar-refractivity contribution in [2.24, 2.45) is 5.92 Å². The lowest BCUT2D eigenvalue weighted by Gasteiger charge is -2.32. The van der Waals surface area contributed by atoms with E-state index in [1.807, 2.05) is 17.0 Å². The number of ether oxygens (including phenoxy) is 1. The number of carbonyl (C=O) groups is 1. The predicted octanol–water partition coefficient (Wildman–Crippen LogP) is 5.57. The first-order valence-electron chi connectivity index (χ1n) is 9.00. The Morgan fingerprint density at radius 3 is 2.67 bits per heavy atom. The quantitative estimate of drug-likeness (QED) is 0.523. The molecule has 134 valence electrons. The minimum Gasteiger partial charge on any atom is -0.450 e. The maximum atomic E-state index is 12.5. The van der Waals surface area contributed by atoms with Crippen LogP contribution in [0.2, 0.25) is 25.7 Å². The summed E-state index contributed by atoms with van der Waals surface area (Å²) in [4.78, 5) is 14.4. The zero-order chi connectivity index (χ0) is 17.6. The molecule has 1 aliphatic carbocycles. The van der Waals surface area contributed by atoms with Crippen molar-refractivity contribution in [1.82, 2.24) is 4.90 Å². The Morgan fingerprint density at radius 2 is 2.08 bits per heavy atom. The molecule has 0 radical (unpaired) electrons. The molecule has 24 heavy (non-hydrogen) atoms. The third kappa shape index (κ3) is 6.97. The van der Waals surface area contributed by atoms with E-state index in [4.69, 9.17) is 4.74 Å². The van der Waals surface area contributed by atoms with Crippen molar-refractivity contribution in [2.75, 3.05) is 19.7 Å². The van der Waals surface area contributed by atoms with Gasteiger partial charge in [-0.1, -0.05) is 54.1 Å². The van der Waals surface area contributed by atoms with Gasteiger partial charge in [0, 0.05) is 25.6 Å². The number of benzene rings is 1. The van der Waals surface area contributed by atoms with E-state index in [1.54, 1.807) is 0 Å². The second-order valence-corrected chi connectivity index (χ2v) is 14.6. The fourth-order valence-electron chi connectivity index (χ4n) is 2.74. The van der Waals surface area contributed by atoms with E-state index < -0.39 is 8.07 Å². The highest BCUT2D eigenvalue weighted by Gasteiger charge is 2.25. The minimum absolute atomic E-state index is 0.129. The van der Waals surface area contributed by atoms with E-state index in [0.29, 0.717) is 12.5 Å². The number of carbonyl (C=O) groups excluding carboxylic acids is 1. The predicted molar refractivity (Wildman–Crippen MR) is 106 cm³/mol. The van der Waals surface area contributed by atoms with Crippen molar-refractivity contribution < 1.29 is 9.53 Å². The molecule has 0 atom stereocenters. The van der Waals surface area contributed by atoms with E-state index >= 15 is 0 Å². The van der Waals surface area contributed by atoms with Gasteiger partial charge in [-0.25, -0.2) is 4.79 Å². The molecule has 0 spiro atoms. The summed E-state index contributed by atoms with van der Waals surface area (Å²) in [5.41, 5.74) is 1.25. The molecule has 0 heterocycles. The number of nitrogens with zero attached hydrogens (tertiary/aromatic N) is 1. The van der Waals surface area contributed by atoms with Crippen LogP contribution in [0.3, 0.4) is 0 Å². The average Bonchev–Trinajstić information content (AvgIpc) is 2.44. The van der Waals surface area contributed by atoms with Gasteiger partial charge in [0.15, 0.2) is 0 Å².